The highest BCUT2D eigenvalue weighted by atomic mass is 16.5. The maximum absolute atomic E-state index is 5.63. The van der Waals surface area contributed by atoms with Crippen molar-refractivity contribution in [2.24, 2.45) is 0 Å². The van der Waals surface area contributed by atoms with Crippen molar-refractivity contribution in [2.75, 3.05) is 6.61 Å². The molecule has 0 fully saturated rings. The van der Waals surface area contributed by atoms with E-state index in [1.807, 2.05) is 30.3 Å². The van der Waals surface area contributed by atoms with E-state index in [2.05, 4.69) is 21.7 Å². The topological polar surface area (TPSA) is 39.9 Å². The lowest BCUT2D eigenvalue weighted by molar-refractivity contribution is 0.316. The van der Waals surface area contributed by atoms with E-state index >= 15 is 0 Å². The Kier molecular flexibility index (Phi) is 4.13. The van der Waals surface area contributed by atoms with Gasteiger partial charge in [0.05, 0.1) is 6.61 Å². The minimum atomic E-state index is 0.631. The molecule has 0 aliphatic rings. The van der Waals surface area contributed by atoms with Crippen molar-refractivity contribution < 1.29 is 4.74 Å². The summed E-state index contributed by atoms with van der Waals surface area (Å²) in [4.78, 5) is 0. The van der Waals surface area contributed by atoms with E-state index in [1.54, 1.807) is 6.33 Å². The molecule has 4 nitrogen and oxygen atoms in total. The van der Waals surface area contributed by atoms with Gasteiger partial charge in [-0.15, -0.1) is 10.2 Å². The van der Waals surface area contributed by atoms with E-state index < -0.39 is 0 Å². The highest BCUT2D eigenvalue weighted by Crippen LogP contribution is 2.08. The maximum atomic E-state index is 5.63. The summed E-state index contributed by atoms with van der Waals surface area (Å²) in [5.74, 6) is 1.89. The third-order valence-electron chi connectivity index (χ3n) is 2.50. The summed E-state index contributed by atoms with van der Waals surface area (Å²) in [6, 6.07) is 9.82. The fourth-order valence-corrected chi connectivity index (χ4v) is 1.68. The number of hydrogen-bond acceptors (Lipinski definition) is 3. The summed E-state index contributed by atoms with van der Waals surface area (Å²) in [5, 5.41) is 8.02. The Balaban J connectivity index is 1.84. The van der Waals surface area contributed by atoms with Crippen molar-refractivity contribution in [3.63, 3.8) is 0 Å². The van der Waals surface area contributed by atoms with Gasteiger partial charge in [-0.05, 0) is 18.6 Å². The number of ether oxygens (including phenoxy) is 1. The number of aromatic nitrogens is 3. The van der Waals surface area contributed by atoms with Crippen LogP contribution in [0.25, 0.3) is 0 Å². The maximum Gasteiger partial charge on any atom is 0.136 e. The summed E-state index contributed by atoms with van der Waals surface area (Å²) in [6.07, 6.45) is 3.65. The Labute approximate surface area is 101 Å². The zero-order chi connectivity index (χ0) is 11.9. The minimum Gasteiger partial charge on any atom is -0.493 e. The second-order valence-electron chi connectivity index (χ2n) is 3.85. The van der Waals surface area contributed by atoms with Gasteiger partial charge in [-0.25, -0.2) is 0 Å². The summed E-state index contributed by atoms with van der Waals surface area (Å²) in [5.41, 5.74) is 0. The standard InChI is InChI=1S/C13H17N3O/c1-2-9-16-11-14-15-13(16)8-10-17-12-6-4-3-5-7-12/h3-7,11H,2,8-10H2,1H3. The van der Waals surface area contributed by atoms with Gasteiger partial charge in [0.25, 0.3) is 0 Å². The summed E-state index contributed by atoms with van der Waals surface area (Å²) in [6.45, 7) is 3.74. The van der Waals surface area contributed by atoms with E-state index in [1.165, 1.54) is 0 Å². The van der Waals surface area contributed by atoms with Gasteiger partial charge in [0, 0.05) is 13.0 Å². The van der Waals surface area contributed by atoms with Crippen LogP contribution in [0.5, 0.6) is 5.75 Å². The smallest absolute Gasteiger partial charge is 0.136 e. The van der Waals surface area contributed by atoms with Gasteiger partial charge < -0.3 is 9.30 Å². The zero-order valence-corrected chi connectivity index (χ0v) is 10.0. The largest absolute Gasteiger partial charge is 0.493 e. The van der Waals surface area contributed by atoms with Crippen LogP contribution in [0.2, 0.25) is 0 Å². The predicted octanol–water partition coefficient (Wildman–Crippen LogP) is 2.31. The third kappa shape index (κ3) is 3.31. The first-order valence-electron chi connectivity index (χ1n) is 5.94. The molecule has 1 heterocycles. The second-order valence-corrected chi connectivity index (χ2v) is 3.85. The van der Waals surface area contributed by atoms with Crippen LogP contribution in [0.3, 0.4) is 0 Å². The Morgan fingerprint density at radius 2 is 2.06 bits per heavy atom. The number of benzene rings is 1. The molecule has 1 aromatic carbocycles. The van der Waals surface area contributed by atoms with Crippen molar-refractivity contribution >= 4 is 0 Å². The molecular weight excluding hydrogens is 214 g/mol. The molecule has 4 heteroatoms. The Hall–Kier alpha value is -1.84. The Bertz CT molecular complexity index is 439. The fourth-order valence-electron chi connectivity index (χ4n) is 1.68. The molecule has 0 saturated carbocycles. The predicted molar refractivity (Wildman–Crippen MR) is 66.0 cm³/mol. The Morgan fingerprint density at radius 1 is 1.24 bits per heavy atom. The van der Waals surface area contributed by atoms with Crippen LogP contribution < -0.4 is 4.74 Å². The second kappa shape index (κ2) is 6.03. The van der Waals surface area contributed by atoms with Crippen LogP contribution in [0.15, 0.2) is 36.7 Å². The van der Waals surface area contributed by atoms with Crippen LogP contribution >= 0.6 is 0 Å². The molecule has 0 unspecified atom stereocenters. The first kappa shape index (κ1) is 11.6. The van der Waals surface area contributed by atoms with Crippen molar-refractivity contribution in [3.05, 3.63) is 42.5 Å². The monoisotopic (exact) mass is 231 g/mol. The molecule has 0 bridgehead atoms. The molecule has 0 N–H and O–H groups in total. The van der Waals surface area contributed by atoms with Crippen LogP contribution in [0.1, 0.15) is 19.2 Å². The molecule has 17 heavy (non-hydrogen) atoms. The molecule has 2 aromatic rings. The van der Waals surface area contributed by atoms with E-state index in [9.17, 15) is 0 Å². The van der Waals surface area contributed by atoms with Crippen LogP contribution in [0, 0.1) is 0 Å². The molecular formula is C13H17N3O. The van der Waals surface area contributed by atoms with Gasteiger partial charge in [0.1, 0.15) is 17.9 Å². The van der Waals surface area contributed by atoms with E-state index in [0.29, 0.717) is 6.61 Å². The quantitative estimate of drug-likeness (QED) is 0.766. The van der Waals surface area contributed by atoms with Gasteiger partial charge in [-0.3, -0.25) is 0 Å². The average molecular weight is 231 g/mol. The SMILES string of the molecule is CCCn1cnnc1CCOc1ccccc1. The lowest BCUT2D eigenvalue weighted by Gasteiger charge is -2.06. The van der Waals surface area contributed by atoms with E-state index in [4.69, 9.17) is 4.74 Å². The van der Waals surface area contributed by atoms with E-state index in [-0.39, 0.29) is 0 Å². The lowest BCUT2D eigenvalue weighted by atomic mass is 10.3. The molecule has 0 saturated heterocycles. The Morgan fingerprint density at radius 3 is 2.82 bits per heavy atom. The first-order chi connectivity index (χ1) is 8.40. The van der Waals surface area contributed by atoms with E-state index in [0.717, 1.165) is 31.0 Å². The molecule has 0 aliphatic heterocycles. The molecule has 0 amide bonds. The molecule has 2 rings (SSSR count). The molecule has 0 radical (unpaired) electrons. The van der Waals surface area contributed by atoms with Gasteiger partial charge in [0.15, 0.2) is 0 Å². The normalized spacial score (nSPS) is 10.4. The minimum absolute atomic E-state index is 0.631. The van der Waals surface area contributed by atoms with Crippen molar-refractivity contribution in [3.8, 4) is 5.75 Å². The number of aryl methyl sites for hydroxylation is 1. The van der Waals surface area contributed by atoms with Crippen LogP contribution in [-0.4, -0.2) is 21.4 Å². The number of hydrogen-bond donors (Lipinski definition) is 0. The summed E-state index contributed by atoms with van der Waals surface area (Å²) in [7, 11) is 0. The lowest BCUT2D eigenvalue weighted by Crippen LogP contribution is -2.08. The highest BCUT2D eigenvalue weighted by molar-refractivity contribution is 5.20. The third-order valence-corrected chi connectivity index (χ3v) is 2.50. The zero-order valence-electron chi connectivity index (χ0n) is 10.0. The van der Waals surface area contributed by atoms with Gasteiger partial charge in [-0.2, -0.15) is 0 Å². The fraction of sp³-hybridized carbons (Fsp3) is 0.385. The molecule has 90 valence electrons. The van der Waals surface area contributed by atoms with Gasteiger partial charge >= 0.3 is 0 Å². The molecule has 0 aliphatic carbocycles. The van der Waals surface area contributed by atoms with Gasteiger partial charge in [0.2, 0.25) is 0 Å². The van der Waals surface area contributed by atoms with Gasteiger partial charge in [-0.1, -0.05) is 25.1 Å². The molecule has 0 spiro atoms. The van der Waals surface area contributed by atoms with Crippen molar-refractivity contribution in [2.45, 2.75) is 26.3 Å². The molecule has 0 atom stereocenters. The first-order valence-corrected chi connectivity index (χ1v) is 5.94. The average Bonchev–Trinajstić information content (AvgIpc) is 2.79. The summed E-state index contributed by atoms with van der Waals surface area (Å²) < 4.78 is 7.71. The van der Waals surface area contributed by atoms with Crippen molar-refractivity contribution in [1.29, 1.82) is 0 Å². The highest BCUT2D eigenvalue weighted by Gasteiger charge is 2.03. The number of para-hydroxylation sites is 1. The van der Waals surface area contributed by atoms with Crippen LogP contribution in [0.4, 0.5) is 0 Å². The number of rotatable bonds is 6. The van der Waals surface area contributed by atoms with Crippen LogP contribution in [-0.2, 0) is 13.0 Å². The van der Waals surface area contributed by atoms with Crippen molar-refractivity contribution in [1.82, 2.24) is 14.8 Å². The summed E-state index contributed by atoms with van der Waals surface area (Å²) >= 11 is 0. The molecule has 1 aromatic heterocycles. The number of nitrogens with zero attached hydrogens (tertiary/aromatic N) is 3.